The van der Waals surface area contributed by atoms with Crippen LogP contribution in [0.1, 0.15) is 174 Å². The average molecular weight is 683 g/mol. The molecule has 1 N–H and O–H groups in total. The Hall–Kier alpha value is -2.66. The minimum atomic E-state index is -0.812. The monoisotopic (exact) mass is 683 g/mol. The van der Waals surface area contributed by atoms with Crippen molar-refractivity contribution in [3.8, 4) is 0 Å². The second kappa shape index (κ2) is 39.8. The number of aliphatic hydroxyl groups is 1. The number of unbranched alkanes of at least 4 members (excludes halogenated alkanes) is 15. The van der Waals surface area contributed by atoms with Crippen molar-refractivity contribution in [2.75, 3.05) is 13.2 Å². The Morgan fingerprint density at radius 2 is 0.878 bits per heavy atom. The van der Waals surface area contributed by atoms with Gasteiger partial charge in [-0.1, -0.05) is 183 Å². The molecule has 0 saturated heterocycles. The third-order valence-electron chi connectivity index (χ3n) is 8.28. The zero-order valence-electron chi connectivity index (χ0n) is 31.7. The first-order valence-electron chi connectivity index (χ1n) is 20.0. The van der Waals surface area contributed by atoms with E-state index in [2.05, 4.69) is 74.6 Å². The summed E-state index contributed by atoms with van der Waals surface area (Å²) in [7, 11) is 0. The smallest absolute Gasteiger partial charge is 0.306 e. The van der Waals surface area contributed by atoms with Crippen LogP contribution in [0.15, 0.2) is 72.9 Å². The summed E-state index contributed by atoms with van der Waals surface area (Å²) < 4.78 is 10.5. The number of esters is 2. The fraction of sp³-hybridized carbons (Fsp3) is 0.682. The van der Waals surface area contributed by atoms with Crippen molar-refractivity contribution in [1.82, 2.24) is 0 Å². The van der Waals surface area contributed by atoms with Gasteiger partial charge < -0.3 is 14.6 Å². The van der Waals surface area contributed by atoms with E-state index in [0.717, 1.165) is 57.8 Å². The highest BCUT2D eigenvalue weighted by Crippen LogP contribution is 2.14. The van der Waals surface area contributed by atoms with Gasteiger partial charge in [-0.2, -0.15) is 0 Å². The SMILES string of the molecule is CC/C=C\C/C=C\C/C=C\C/C=C\C/C=C\C/C=C\CCC(=O)O[C@@H](CO)COC(=O)CCCCCCCCCCCCCCCCCC. The van der Waals surface area contributed by atoms with Crippen LogP contribution in [0.25, 0.3) is 0 Å². The molecule has 0 aromatic rings. The molecule has 1 atom stereocenters. The molecule has 0 aromatic carbocycles. The molecule has 0 saturated carbocycles. The van der Waals surface area contributed by atoms with Crippen molar-refractivity contribution in [2.45, 2.75) is 180 Å². The Labute approximate surface area is 302 Å². The lowest BCUT2D eigenvalue weighted by Gasteiger charge is -2.15. The van der Waals surface area contributed by atoms with Crippen LogP contribution >= 0.6 is 0 Å². The van der Waals surface area contributed by atoms with Gasteiger partial charge in [0.05, 0.1) is 6.61 Å². The zero-order valence-corrected chi connectivity index (χ0v) is 31.7. The first-order chi connectivity index (χ1) is 24.1. The van der Waals surface area contributed by atoms with Gasteiger partial charge in [0.1, 0.15) is 6.61 Å². The van der Waals surface area contributed by atoms with E-state index in [4.69, 9.17) is 9.47 Å². The van der Waals surface area contributed by atoms with E-state index in [1.54, 1.807) is 0 Å². The zero-order chi connectivity index (χ0) is 35.7. The summed E-state index contributed by atoms with van der Waals surface area (Å²) in [5, 5.41) is 9.54. The van der Waals surface area contributed by atoms with Crippen LogP contribution in [0, 0.1) is 0 Å². The van der Waals surface area contributed by atoms with Gasteiger partial charge in [-0.15, -0.1) is 0 Å². The second-order valence-electron chi connectivity index (χ2n) is 13.0. The summed E-state index contributed by atoms with van der Waals surface area (Å²) in [5.41, 5.74) is 0. The number of aliphatic hydroxyl groups excluding tert-OH is 1. The van der Waals surface area contributed by atoms with Gasteiger partial charge in [0.2, 0.25) is 0 Å². The highest BCUT2D eigenvalue weighted by Gasteiger charge is 2.15. The number of rotatable bonds is 35. The quantitative estimate of drug-likeness (QED) is 0.0409. The van der Waals surface area contributed by atoms with Crippen LogP contribution in [0.4, 0.5) is 0 Å². The predicted octanol–water partition coefficient (Wildman–Crippen LogP) is 12.6. The molecule has 0 aliphatic rings. The Kier molecular flexibility index (Phi) is 37.6. The minimum absolute atomic E-state index is 0.0974. The van der Waals surface area contributed by atoms with Crippen molar-refractivity contribution in [1.29, 1.82) is 0 Å². The first kappa shape index (κ1) is 46.3. The Morgan fingerprint density at radius 3 is 1.29 bits per heavy atom. The molecule has 5 heteroatoms. The van der Waals surface area contributed by atoms with Crippen LogP contribution in [-0.4, -0.2) is 36.4 Å². The van der Waals surface area contributed by atoms with Crippen LogP contribution in [0.2, 0.25) is 0 Å². The molecule has 5 nitrogen and oxygen atoms in total. The molecule has 0 rings (SSSR count). The molecule has 0 radical (unpaired) electrons. The highest BCUT2D eigenvalue weighted by molar-refractivity contribution is 5.70. The Balaban J connectivity index is 3.69. The van der Waals surface area contributed by atoms with Crippen molar-refractivity contribution in [2.24, 2.45) is 0 Å². The van der Waals surface area contributed by atoms with E-state index < -0.39 is 12.1 Å². The fourth-order valence-corrected chi connectivity index (χ4v) is 5.29. The third-order valence-corrected chi connectivity index (χ3v) is 8.28. The molecule has 0 aliphatic carbocycles. The topological polar surface area (TPSA) is 72.8 Å². The van der Waals surface area contributed by atoms with E-state index in [1.165, 1.54) is 83.5 Å². The van der Waals surface area contributed by atoms with Gasteiger partial charge in [0.25, 0.3) is 0 Å². The second-order valence-corrected chi connectivity index (χ2v) is 13.0. The lowest BCUT2D eigenvalue weighted by atomic mass is 10.0. The number of hydrogen-bond donors (Lipinski definition) is 1. The van der Waals surface area contributed by atoms with Gasteiger partial charge in [0, 0.05) is 12.8 Å². The Bertz CT molecular complexity index is 910. The predicted molar refractivity (Wildman–Crippen MR) is 210 cm³/mol. The summed E-state index contributed by atoms with van der Waals surface area (Å²) in [4.78, 5) is 24.2. The standard InChI is InChI=1S/C44H74O5/c1-3-5-7-9-11-13-15-17-19-21-22-23-25-27-29-31-33-35-37-39-44(47)49-42(40-45)41-48-43(46)38-36-34-32-30-28-26-24-20-18-16-14-12-10-8-6-4-2/h5,7,11,13,17,19,22-23,27,29,33,35,42,45H,3-4,6,8-10,12,14-16,18,20-21,24-26,28,30-32,34,36-41H2,1-2H3/b7-5-,13-11-,19-17-,23-22-,29-27-,35-33-/t42-/m0/s1. The molecule has 0 bridgehead atoms. The molecule has 49 heavy (non-hydrogen) atoms. The normalized spacial score (nSPS) is 13.0. The van der Waals surface area contributed by atoms with Gasteiger partial charge in [-0.05, 0) is 51.4 Å². The third kappa shape index (κ3) is 38.0. The van der Waals surface area contributed by atoms with E-state index in [-0.39, 0.29) is 25.6 Å². The maximum atomic E-state index is 12.1. The number of carbonyl (C=O) groups excluding carboxylic acids is 2. The summed E-state index contributed by atoms with van der Waals surface area (Å²) in [6, 6.07) is 0. The average Bonchev–Trinajstić information content (AvgIpc) is 3.10. The van der Waals surface area contributed by atoms with Crippen molar-refractivity contribution >= 4 is 11.9 Å². The van der Waals surface area contributed by atoms with Gasteiger partial charge in [-0.25, -0.2) is 0 Å². The molecule has 0 spiro atoms. The number of allylic oxidation sites excluding steroid dienone is 12. The van der Waals surface area contributed by atoms with Crippen molar-refractivity contribution in [3.05, 3.63) is 72.9 Å². The molecule has 0 aliphatic heterocycles. The van der Waals surface area contributed by atoms with E-state index in [0.29, 0.717) is 12.8 Å². The molecular weight excluding hydrogens is 608 g/mol. The van der Waals surface area contributed by atoms with Gasteiger partial charge in [0.15, 0.2) is 6.10 Å². The van der Waals surface area contributed by atoms with E-state index in [1.807, 2.05) is 12.2 Å². The van der Waals surface area contributed by atoms with E-state index in [9.17, 15) is 14.7 Å². The Morgan fingerprint density at radius 1 is 0.490 bits per heavy atom. The first-order valence-corrected chi connectivity index (χ1v) is 20.0. The maximum Gasteiger partial charge on any atom is 0.306 e. The maximum absolute atomic E-state index is 12.1. The summed E-state index contributed by atoms with van der Waals surface area (Å²) >= 11 is 0. The number of ether oxygens (including phenoxy) is 2. The molecule has 0 fully saturated rings. The van der Waals surface area contributed by atoms with Crippen LogP contribution in [-0.2, 0) is 19.1 Å². The molecule has 0 unspecified atom stereocenters. The molecule has 0 amide bonds. The van der Waals surface area contributed by atoms with Crippen LogP contribution in [0.3, 0.4) is 0 Å². The van der Waals surface area contributed by atoms with Gasteiger partial charge in [-0.3, -0.25) is 9.59 Å². The molecule has 280 valence electrons. The lowest BCUT2D eigenvalue weighted by Crippen LogP contribution is -2.28. The largest absolute Gasteiger partial charge is 0.462 e. The van der Waals surface area contributed by atoms with E-state index >= 15 is 0 Å². The highest BCUT2D eigenvalue weighted by atomic mass is 16.6. The molecular formula is C44H74O5. The summed E-state index contributed by atoms with van der Waals surface area (Å²) in [5.74, 6) is -0.690. The summed E-state index contributed by atoms with van der Waals surface area (Å²) in [6.07, 6.45) is 52.6. The van der Waals surface area contributed by atoms with Crippen LogP contribution < -0.4 is 0 Å². The van der Waals surface area contributed by atoms with Gasteiger partial charge >= 0.3 is 11.9 Å². The lowest BCUT2D eigenvalue weighted by molar-refractivity contribution is -0.161. The van der Waals surface area contributed by atoms with Crippen molar-refractivity contribution in [3.63, 3.8) is 0 Å². The van der Waals surface area contributed by atoms with Crippen molar-refractivity contribution < 1.29 is 24.2 Å². The molecule has 0 aromatic heterocycles. The fourth-order valence-electron chi connectivity index (χ4n) is 5.29. The molecule has 0 heterocycles. The minimum Gasteiger partial charge on any atom is -0.462 e. The number of hydrogen-bond acceptors (Lipinski definition) is 5. The number of carbonyl (C=O) groups is 2. The van der Waals surface area contributed by atoms with Crippen LogP contribution in [0.5, 0.6) is 0 Å². The summed E-state index contributed by atoms with van der Waals surface area (Å²) in [6.45, 7) is 3.96.